The molecule has 2 aromatic carbocycles. The zero-order chi connectivity index (χ0) is 17.8. The lowest BCUT2D eigenvalue weighted by atomic mass is 9.98. The number of benzene rings is 2. The van der Waals surface area contributed by atoms with Gasteiger partial charge in [0.05, 0.1) is 12.0 Å². The van der Waals surface area contributed by atoms with Crippen molar-refractivity contribution in [3.05, 3.63) is 63.2 Å². The van der Waals surface area contributed by atoms with Gasteiger partial charge in [0.1, 0.15) is 0 Å². The van der Waals surface area contributed by atoms with Crippen molar-refractivity contribution in [3.8, 4) is 11.5 Å². The van der Waals surface area contributed by atoms with Gasteiger partial charge in [-0.25, -0.2) is 0 Å². The molecular weight excluding hydrogens is 320 g/mol. The molecule has 0 amide bonds. The lowest BCUT2D eigenvalue weighted by Crippen LogP contribution is -2.31. The van der Waals surface area contributed by atoms with Crippen molar-refractivity contribution in [2.75, 3.05) is 20.2 Å². The quantitative estimate of drug-likeness (QED) is 0.644. The predicted octanol–water partition coefficient (Wildman–Crippen LogP) is 3.30. The van der Waals surface area contributed by atoms with Gasteiger partial charge in [0.2, 0.25) is 0 Å². The lowest BCUT2D eigenvalue weighted by molar-refractivity contribution is -0.384. The summed E-state index contributed by atoms with van der Waals surface area (Å²) in [5.41, 5.74) is 3.64. The van der Waals surface area contributed by atoms with Crippen molar-refractivity contribution >= 4 is 5.69 Å². The maximum atomic E-state index is 10.7. The molecule has 1 aliphatic heterocycles. The van der Waals surface area contributed by atoms with Gasteiger partial charge < -0.3 is 9.84 Å². The third kappa shape index (κ3) is 4.09. The zero-order valence-electron chi connectivity index (χ0n) is 14.3. The first kappa shape index (κ1) is 17.2. The van der Waals surface area contributed by atoms with Gasteiger partial charge in [-0.15, -0.1) is 0 Å². The van der Waals surface area contributed by atoms with Gasteiger partial charge in [0, 0.05) is 25.2 Å². The number of phenolic OH excluding ortho intramolecular Hbond substituents is 1. The second-order valence-electron chi connectivity index (χ2n) is 6.35. The number of hydrogen-bond acceptors (Lipinski definition) is 5. The molecule has 132 valence electrons. The Hall–Kier alpha value is -2.60. The first-order valence-electron chi connectivity index (χ1n) is 8.41. The highest BCUT2D eigenvalue weighted by molar-refractivity contribution is 5.47. The number of nitro benzene ring substituents is 1. The van der Waals surface area contributed by atoms with Crippen LogP contribution in [0.3, 0.4) is 0 Å². The Labute approximate surface area is 146 Å². The first-order chi connectivity index (χ1) is 12.1. The summed E-state index contributed by atoms with van der Waals surface area (Å²) in [5.74, 6) is 0.722. The topological polar surface area (TPSA) is 75.8 Å². The van der Waals surface area contributed by atoms with Crippen molar-refractivity contribution in [1.82, 2.24) is 4.90 Å². The monoisotopic (exact) mass is 342 g/mol. The zero-order valence-corrected chi connectivity index (χ0v) is 14.3. The molecule has 25 heavy (non-hydrogen) atoms. The Balaban J connectivity index is 1.53. The van der Waals surface area contributed by atoms with Gasteiger partial charge in [-0.1, -0.05) is 12.1 Å². The number of nitrogens with zero attached hydrogens (tertiary/aromatic N) is 2. The maximum absolute atomic E-state index is 10.7. The third-order valence-electron chi connectivity index (χ3n) is 4.68. The molecule has 0 bridgehead atoms. The SMILES string of the molecule is COc1cc2c(cc1O)CN(CCCc1ccc([N+](=O)[O-])cc1)CC2. The second-order valence-corrected chi connectivity index (χ2v) is 6.35. The van der Waals surface area contributed by atoms with Gasteiger partial charge in [0.25, 0.3) is 5.69 Å². The average Bonchev–Trinajstić information content (AvgIpc) is 2.61. The Bertz CT molecular complexity index is 759. The number of phenols is 1. The first-order valence-corrected chi connectivity index (χ1v) is 8.41. The van der Waals surface area contributed by atoms with Gasteiger partial charge in [-0.05, 0) is 54.6 Å². The standard InChI is InChI=1S/C19H22N2O4/c1-25-19-12-15-8-10-20(13-16(15)11-18(19)22)9-2-3-14-4-6-17(7-5-14)21(23)24/h4-7,11-12,22H,2-3,8-10,13H2,1H3. The van der Waals surface area contributed by atoms with Crippen molar-refractivity contribution in [2.24, 2.45) is 0 Å². The number of aryl methyl sites for hydroxylation is 1. The largest absolute Gasteiger partial charge is 0.504 e. The Kier molecular flexibility index (Phi) is 5.19. The van der Waals surface area contributed by atoms with E-state index in [0.717, 1.165) is 50.0 Å². The molecule has 0 unspecified atom stereocenters. The number of aromatic hydroxyl groups is 1. The number of nitro groups is 1. The van der Waals surface area contributed by atoms with Gasteiger partial charge in [-0.2, -0.15) is 0 Å². The van der Waals surface area contributed by atoms with Crippen LogP contribution in [0.5, 0.6) is 11.5 Å². The molecule has 0 radical (unpaired) electrons. The minimum atomic E-state index is -0.376. The molecule has 0 aliphatic carbocycles. The Morgan fingerprint density at radius 1 is 1.24 bits per heavy atom. The van der Waals surface area contributed by atoms with Gasteiger partial charge in [-0.3, -0.25) is 15.0 Å². The summed E-state index contributed by atoms with van der Waals surface area (Å²) >= 11 is 0. The highest BCUT2D eigenvalue weighted by atomic mass is 16.6. The Morgan fingerprint density at radius 3 is 2.68 bits per heavy atom. The smallest absolute Gasteiger partial charge is 0.269 e. The summed E-state index contributed by atoms with van der Waals surface area (Å²) in [6.07, 6.45) is 2.84. The third-order valence-corrected chi connectivity index (χ3v) is 4.68. The van der Waals surface area contributed by atoms with Crippen LogP contribution in [0.15, 0.2) is 36.4 Å². The van der Waals surface area contributed by atoms with E-state index in [1.165, 1.54) is 5.56 Å². The van der Waals surface area contributed by atoms with E-state index in [-0.39, 0.29) is 16.4 Å². The molecule has 2 aromatic rings. The van der Waals surface area contributed by atoms with E-state index in [1.807, 2.05) is 18.2 Å². The van der Waals surface area contributed by atoms with Crippen molar-refractivity contribution in [3.63, 3.8) is 0 Å². The van der Waals surface area contributed by atoms with Crippen molar-refractivity contribution in [2.45, 2.75) is 25.8 Å². The molecular formula is C19H22N2O4. The van der Waals surface area contributed by atoms with Crippen LogP contribution in [0, 0.1) is 10.1 Å². The van der Waals surface area contributed by atoms with E-state index in [2.05, 4.69) is 4.90 Å². The second kappa shape index (κ2) is 7.53. The molecule has 0 saturated heterocycles. The number of hydrogen-bond donors (Lipinski definition) is 1. The van der Waals surface area contributed by atoms with E-state index in [0.29, 0.717) is 5.75 Å². The van der Waals surface area contributed by atoms with Crippen LogP contribution in [-0.2, 0) is 19.4 Å². The molecule has 0 aromatic heterocycles. The fourth-order valence-electron chi connectivity index (χ4n) is 3.28. The molecule has 1 N–H and O–H groups in total. The van der Waals surface area contributed by atoms with E-state index < -0.39 is 0 Å². The summed E-state index contributed by atoms with van der Waals surface area (Å²) in [7, 11) is 1.56. The maximum Gasteiger partial charge on any atom is 0.269 e. The number of ether oxygens (including phenoxy) is 1. The molecule has 1 heterocycles. The summed E-state index contributed by atoms with van der Waals surface area (Å²) in [4.78, 5) is 12.7. The average molecular weight is 342 g/mol. The number of methoxy groups -OCH3 is 1. The van der Waals surface area contributed by atoms with Crippen LogP contribution >= 0.6 is 0 Å². The molecule has 3 rings (SSSR count). The van der Waals surface area contributed by atoms with E-state index in [4.69, 9.17) is 4.74 Å². The number of non-ortho nitro benzene ring substituents is 1. The fourth-order valence-corrected chi connectivity index (χ4v) is 3.28. The molecule has 6 heteroatoms. The molecule has 6 nitrogen and oxygen atoms in total. The molecule has 1 aliphatic rings. The van der Waals surface area contributed by atoms with Crippen molar-refractivity contribution in [1.29, 1.82) is 0 Å². The van der Waals surface area contributed by atoms with Gasteiger partial charge >= 0.3 is 0 Å². The lowest BCUT2D eigenvalue weighted by Gasteiger charge is -2.29. The minimum Gasteiger partial charge on any atom is -0.504 e. The van der Waals surface area contributed by atoms with Crippen LogP contribution in [-0.4, -0.2) is 35.1 Å². The van der Waals surface area contributed by atoms with E-state index in [9.17, 15) is 15.2 Å². The van der Waals surface area contributed by atoms with Crippen LogP contribution in [0.25, 0.3) is 0 Å². The number of rotatable bonds is 6. The fraction of sp³-hybridized carbons (Fsp3) is 0.368. The Morgan fingerprint density at radius 2 is 2.00 bits per heavy atom. The molecule has 0 spiro atoms. The number of fused-ring (bicyclic) bond motifs is 1. The van der Waals surface area contributed by atoms with E-state index >= 15 is 0 Å². The highest BCUT2D eigenvalue weighted by Gasteiger charge is 2.18. The molecule has 0 saturated carbocycles. The summed E-state index contributed by atoms with van der Waals surface area (Å²) < 4.78 is 5.17. The summed E-state index contributed by atoms with van der Waals surface area (Å²) in [6, 6.07) is 10.5. The van der Waals surface area contributed by atoms with Crippen LogP contribution < -0.4 is 4.74 Å². The predicted molar refractivity (Wildman–Crippen MR) is 95.1 cm³/mol. The van der Waals surface area contributed by atoms with Crippen LogP contribution in [0.1, 0.15) is 23.1 Å². The minimum absolute atomic E-state index is 0.131. The van der Waals surface area contributed by atoms with Crippen molar-refractivity contribution < 1.29 is 14.8 Å². The molecule has 0 atom stereocenters. The highest BCUT2D eigenvalue weighted by Crippen LogP contribution is 2.32. The van der Waals surface area contributed by atoms with Crippen LogP contribution in [0.4, 0.5) is 5.69 Å². The normalized spacial score (nSPS) is 14.1. The summed E-state index contributed by atoms with van der Waals surface area (Å²) in [6.45, 7) is 2.78. The summed E-state index contributed by atoms with van der Waals surface area (Å²) in [5, 5.41) is 20.6. The molecule has 0 fully saturated rings. The van der Waals surface area contributed by atoms with Gasteiger partial charge in [0.15, 0.2) is 11.5 Å². The van der Waals surface area contributed by atoms with Crippen LogP contribution in [0.2, 0.25) is 0 Å². The van der Waals surface area contributed by atoms with E-state index in [1.54, 1.807) is 25.3 Å².